The lowest BCUT2D eigenvalue weighted by molar-refractivity contribution is -0.138. The van der Waals surface area contributed by atoms with Crippen LogP contribution in [0, 0.1) is 11.8 Å². The lowest BCUT2D eigenvalue weighted by Gasteiger charge is -2.33. The first-order chi connectivity index (χ1) is 8.63. The summed E-state index contributed by atoms with van der Waals surface area (Å²) in [6.07, 6.45) is 3.09. The third-order valence-electron chi connectivity index (χ3n) is 3.67. The molecule has 1 fully saturated rings. The lowest BCUT2D eigenvalue weighted by atomic mass is 9.95. The second-order valence-electron chi connectivity index (χ2n) is 4.69. The zero-order valence-electron chi connectivity index (χ0n) is 11.2. The molecule has 0 spiro atoms. The summed E-state index contributed by atoms with van der Waals surface area (Å²) in [6, 6.07) is -0.647. The Morgan fingerprint density at radius 1 is 1.28 bits per heavy atom. The first kappa shape index (κ1) is 15.5. The van der Waals surface area contributed by atoms with Gasteiger partial charge in [-0.25, -0.2) is 4.39 Å². The van der Waals surface area contributed by atoms with Crippen LogP contribution >= 0.6 is 11.8 Å². The van der Waals surface area contributed by atoms with Gasteiger partial charge in [-0.2, -0.15) is 0 Å². The van der Waals surface area contributed by atoms with E-state index in [0.717, 1.165) is 24.6 Å². The molecule has 0 bridgehead atoms. The van der Waals surface area contributed by atoms with E-state index in [9.17, 15) is 14.0 Å². The van der Waals surface area contributed by atoms with Crippen molar-refractivity contribution in [2.45, 2.75) is 39.5 Å². The topological polar surface area (TPSA) is 37.4 Å². The number of nitrogens with zero attached hydrogens (tertiary/aromatic N) is 1. The van der Waals surface area contributed by atoms with Crippen molar-refractivity contribution in [1.82, 2.24) is 4.90 Å². The monoisotopic (exact) mass is 275 g/mol. The second-order valence-corrected chi connectivity index (χ2v) is 5.59. The van der Waals surface area contributed by atoms with Crippen molar-refractivity contribution in [3.63, 3.8) is 0 Å². The van der Waals surface area contributed by atoms with E-state index >= 15 is 0 Å². The van der Waals surface area contributed by atoms with Gasteiger partial charge in [0.2, 0.25) is 5.91 Å². The van der Waals surface area contributed by atoms with Crippen LogP contribution in [0.5, 0.6) is 0 Å². The molecule has 0 N–H and O–H groups in total. The van der Waals surface area contributed by atoms with Gasteiger partial charge >= 0.3 is 0 Å². The summed E-state index contributed by atoms with van der Waals surface area (Å²) < 4.78 is 12.1. The molecule has 1 amide bonds. The van der Waals surface area contributed by atoms with Gasteiger partial charge in [0.25, 0.3) is 0 Å². The fraction of sp³-hybridized carbons (Fsp3) is 0.846. The maximum atomic E-state index is 12.1. The van der Waals surface area contributed by atoms with E-state index in [1.165, 1.54) is 0 Å². The quantitative estimate of drug-likeness (QED) is 0.774. The molecule has 5 heteroatoms. The van der Waals surface area contributed by atoms with Gasteiger partial charge in [0, 0.05) is 24.9 Å². The normalized spacial score (nSPS) is 17.2. The predicted molar refractivity (Wildman–Crippen MR) is 71.9 cm³/mol. The van der Waals surface area contributed by atoms with Crippen molar-refractivity contribution in [2.75, 3.05) is 19.1 Å². The molecule has 0 radical (unpaired) electrons. The highest BCUT2D eigenvalue weighted by molar-refractivity contribution is 8.13. The molecule has 1 aliphatic heterocycles. The van der Waals surface area contributed by atoms with E-state index in [1.54, 1.807) is 0 Å². The van der Waals surface area contributed by atoms with Gasteiger partial charge in [0.15, 0.2) is 5.12 Å². The minimum Gasteiger partial charge on any atom is -0.342 e. The average molecular weight is 275 g/mol. The molecule has 1 heterocycles. The molecule has 3 nitrogen and oxygen atoms in total. The number of rotatable bonds is 5. The van der Waals surface area contributed by atoms with Crippen molar-refractivity contribution < 1.29 is 14.0 Å². The molecule has 1 saturated heterocycles. The van der Waals surface area contributed by atoms with E-state index in [2.05, 4.69) is 0 Å². The van der Waals surface area contributed by atoms with Crippen LogP contribution in [0.2, 0.25) is 0 Å². The molecule has 0 unspecified atom stereocenters. The average Bonchev–Trinajstić information content (AvgIpc) is 2.40. The Morgan fingerprint density at radius 2 is 1.83 bits per heavy atom. The number of carbonyl (C=O) groups is 2. The molecule has 0 aromatic carbocycles. The highest BCUT2D eigenvalue weighted by Gasteiger charge is 2.29. The summed E-state index contributed by atoms with van der Waals surface area (Å²) in [7, 11) is 0. The standard InChI is InChI=1S/C13H22FNO2S/c1-3-10(4-2)12(16)15-7-5-11(6-8-15)13(17)18-9-14/h10-11H,3-9H2,1-2H3. The summed E-state index contributed by atoms with van der Waals surface area (Å²) in [5.74, 6) is 0.248. The van der Waals surface area contributed by atoms with Crippen LogP contribution < -0.4 is 0 Å². The third kappa shape index (κ3) is 3.97. The van der Waals surface area contributed by atoms with E-state index in [0.29, 0.717) is 25.9 Å². The second kappa shape index (κ2) is 7.77. The minimum absolute atomic E-state index is 0.0628. The Balaban J connectivity index is 2.43. The van der Waals surface area contributed by atoms with Gasteiger partial charge in [-0.3, -0.25) is 9.59 Å². The van der Waals surface area contributed by atoms with Crippen molar-refractivity contribution in [3.8, 4) is 0 Å². The summed E-state index contributed by atoms with van der Waals surface area (Å²) >= 11 is 0.754. The molecule has 0 saturated carbocycles. The number of hydrogen-bond donors (Lipinski definition) is 0. The highest BCUT2D eigenvalue weighted by atomic mass is 32.2. The number of amides is 1. The zero-order valence-corrected chi connectivity index (χ0v) is 12.0. The smallest absolute Gasteiger partial charge is 0.225 e. The van der Waals surface area contributed by atoms with E-state index in [-0.39, 0.29) is 22.9 Å². The maximum Gasteiger partial charge on any atom is 0.225 e. The van der Waals surface area contributed by atoms with Crippen LogP contribution in [0.15, 0.2) is 0 Å². The molecule has 1 rings (SSSR count). The lowest BCUT2D eigenvalue weighted by Crippen LogP contribution is -2.42. The third-order valence-corrected chi connectivity index (χ3v) is 4.40. The number of halogens is 1. The Bertz CT molecular complexity index is 287. The van der Waals surface area contributed by atoms with Crippen LogP contribution in [-0.4, -0.2) is 35.0 Å². The molecule has 104 valence electrons. The molecule has 0 atom stereocenters. The van der Waals surface area contributed by atoms with Gasteiger partial charge in [-0.05, 0) is 25.7 Å². The Morgan fingerprint density at radius 3 is 2.28 bits per heavy atom. The minimum atomic E-state index is -0.647. The Kier molecular flexibility index (Phi) is 6.68. The van der Waals surface area contributed by atoms with Crippen molar-refractivity contribution in [1.29, 1.82) is 0 Å². The first-order valence-corrected chi connectivity index (χ1v) is 7.63. The number of thioether (sulfide) groups is 1. The maximum absolute atomic E-state index is 12.1. The van der Waals surface area contributed by atoms with Crippen LogP contribution in [0.4, 0.5) is 4.39 Å². The van der Waals surface area contributed by atoms with Crippen molar-refractivity contribution in [3.05, 3.63) is 0 Å². The number of hydrogen-bond acceptors (Lipinski definition) is 3. The van der Waals surface area contributed by atoms with Crippen LogP contribution in [0.25, 0.3) is 0 Å². The van der Waals surface area contributed by atoms with Crippen LogP contribution in [0.1, 0.15) is 39.5 Å². The first-order valence-electron chi connectivity index (χ1n) is 6.65. The number of carbonyl (C=O) groups excluding carboxylic acids is 2. The molecule has 0 aliphatic carbocycles. The zero-order chi connectivity index (χ0) is 13.5. The molecule has 18 heavy (non-hydrogen) atoms. The molecule has 0 aromatic heterocycles. The molecule has 1 aliphatic rings. The van der Waals surface area contributed by atoms with E-state index < -0.39 is 6.01 Å². The summed E-state index contributed by atoms with van der Waals surface area (Å²) in [5.41, 5.74) is 0. The number of likely N-dealkylation sites (tertiary alicyclic amines) is 1. The van der Waals surface area contributed by atoms with Gasteiger partial charge in [-0.1, -0.05) is 25.6 Å². The molecular formula is C13H22FNO2S. The fourth-order valence-electron chi connectivity index (χ4n) is 2.40. The molecule has 0 aromatic rings. The van der Waals surface area contributed by atoms with Gasteiger partial charge in [0.05, 0.1) is 0 Å². The van der Waals surface area contributed by atoms with Gasteiger partial charge in [-0.15, -0.1) is 0 Å². The SMILES string of the molecule is CCC(CC)C(=O)N1CCC(C(=O)SCF)CC1. The summed E-state index contributed by atoms with van der Waals surface area (Å²) in [5, 5.41) is -0.0628. The van der Waals surface area contributed by atoms with Gasteiger partial charge in [0.1, 0.15) is 6.01 Å². The van der Waals surface area contributed by atoms with E-state index in [4.69, 9.17) is 0 Å². The number of piperidine rings is 1. The summed E-state index contributed by atoms with van der Waals surface area (Å²) in [4.78, 5) is 25.5. The van der Waals surface area contributed by atoms with E-state index in [1.807, 2.05) is 18.7 Å². The number of alkyl halides is 1. The Hall–Kier alpha value is -0.580. The van der Waals surface area contributed by atoms with Crippen LogP contribution in [-0.2, 0) is 9.59 Å². The largest absolute Gasteiger partial charge is 0.342 e. The molecular weight excluding hydrogens is 253 g/mol. The van der Waals surface area contributed by atoms with Gasteiger partial charge < -0.3 is 4.90 Å². The highest BCUT2D eigenvalue weighted by Crippen LogP contribution is 2.25. The van der Waals surface area contributed by atoms with Crippen molar-refractivity contribution in [2.24, 2.45) is 11.8 Å². The summed E-state index contributed by atoms with van der Waals surface area (Å²) in [6.45, 7) is 5.33. The Labute approximate surface area is 112 Å². The van der Waals surface area contributed by atoms with Crippen molar-refractivity contribution >= 4 is 22.8 Å². The predicted octanol–water partition coefficient (Wildman–Crippen LogP) is 2.85. The fourth-order valence-corrected chi connectivity index (χ4v) is 2.98. The van der Waals surface area contributed by atoms with Crippen LogP contribution in [0.3, 0.4) is 0 Å².